The molecule has 2 aromatic carbocycles. The van der Waals surface area contributed by atoms with Gasteiger partial charge in [-0.3, -0.25) is 14.2 Å². The van der Waals surface area contributed by atoms with Gasteiger partial charge in [0.15, 0.2) is 4.77 Å². The molecule has 1 amide bonds. The molecule has 1 fully saturated rings. The van der Waals surface area contributed by atoms with Gasteiger partial charge >= 0.3 is 0 Å². The molecule has 1 aliphatic carbocycles. The second-order valence-corrected chi connectivity index (χ2v) is 8.29. The minimum absolute atomic E-state index is 0.0819. The molecule has 2 N–H and O–H groups in total. The number of H-pyrrole nitrogens is 1. The first-order chi connectivity index (χ1) is 14.0. The summed E-state index contributed by atoms with van der Waals surface area (Å²) in [4.78, 5) is 28.8. The van der Waals surface area contributed by atoms with Gasteiger partial charge in [0.25, 0.3) is 11.5 Å². The third kappa shape index (κ3) is 4.28. The van der Waals surface area contributed by atoms with Crippen LogP contribution in [0.4, 0.5) is 0 Å². The van der Waals surface area contributed by atoms with Crippen molar-refractivity contribution in [2.75, 3.05) is 0 Å². The number of carbonyl (C=O) groups excluding carboxylic acids is 1. The number of carbonyl (C=O) groups is 1. The Hall–Kier alpha value is -2.44. The predicted octanol–water partition coefficient (Wildman–Crippen LogP) is 5.15. The molecule has 0 bridgehead atoms. The van der Waals surface area contributed by atoms with E-state index in [0.717, 1.165) is 31.2 Å². The Labute approximate surface area is 178 Å². The summed E-state index contributed by atoms with van der Waals surface area (Å²) < 4.78 is 2.14. The maximum absolute atomic E-state index is 13.0. The molecular formula is C22H22ClN3O2S. The number of aromatic amines is 1. The zero-order valence-electron chi connectivity index (χ0n) is 15.9. The predicted molar refractivity (Wildman–Crippen MR) is 118 cm³/mol. The van der Waals surface area contributed by atoms with Crippen LogP contribution in [0, 0.1) is 4.77 Å². The zero-order chi connectivity index (χ0) is 20.4. The Balaban J connectivity index is 1.60. The number of nitrogens with zero attached hydrogens (tertiary/aromatic N) is 1. The Morgan fingerprint density at radius 2 is 1.97 bits per heavy atom. The Morgan fingerprint density at radius 3 is 2.72 bits per heavy atom. The molecule has 0 spiro atoms. The molecule has 0 unspecified atom stereocenters. The lowest BCUT2D eigenvalue weighted by atomic mass is 9.95. The zero-order valence-corrected chi connectivity index (χ0v) is 17.5. The normalized spacial score (nSPS) is 14.8. The van der Waals surface area contributed by atoms with Crippen molar-refractivity contribution in [3.05, 3.63) is 73.7 Å². The highest BCUT2D eigenvalue weighted by Gasteiger charge is 2.19. The van der Waals surface area contributed by atoms with Crippen molar-refractivity contribution in [2.24, 2.45) is 0 Å². The molecule has 0 radical (unpaired) electrons. The van der Waals surface area contributed by atoms with E-state index in [2.05, 4.69) is 10.3 Å². The van der Waals surface area contributed by atoms with Crippen molar-refractivity contribution in [2.45, 2.75) is 44.7 Å². The molecule has 3 aromatic rings. The molecule has 0 saturated heterocycles. The van der Waals surface area contributed by atoms with Crippen molar-refractivity contribution in [3.8, 4) is 0 Å². The van der Waals surface area contributed by atoms with Crippen molar-refractivity contribution in [1.82, 2.24) is 14.9 Å². The van der Waals surface area contributed by atoms with Gasteiger partial charge in [-0.2, -0.15) is 0 Å². The van der Waals surface area contributed by atoms with E-state index in [0.29, 0.717) is 32.8 Å². The molecule has 150 valence electrons. The number of hydrogen-bond donors (Lipinski definition) is 2. The number of amides is 1. The highest BCUT2D eigenvalue weighted by atomic mass is 35.5. The fourth-order valence-electron chi connectivity index (χ4n) is 3.98. The van der Waals surface area contributed by atoms with E-state index in [-0.39, 0.29) is 17.5 Å². The van der Waals surface area contributed by atoms with Crippen LogP contribution >= 0.6 is 23.8 Å². The molecule has 4 rings (SSSR count). The van der Waals surface area contributed by atoms with Crippen LogP contribution in [-0.4, -0.2) is 15.5 Å². The quantitative estimate of drug-likeness (QED) is 0.566. The summed E-state index contributed by atoms with van der Waals surface area (Å²) in [5.74, 6) is -0.220. The first kappa shape index (κ1) is 19.9. The number of aromatic nitrogens is 2. The maximum atomic E-state index is 13.0. The van der Waals surface area contributed by atoms with Crippen LogP contribution in [0.25, 0.3) is 10.9 Å². The molecule has 1 aromatic heterocycles. The number of benzene rings is 2. The first-order valence-corrected chi connectivity index (χ1v) is 10.6. The molecule has 29 heavy (non-hydrogen) atoms. The number of hydrogen-bond acceptors (Lipinski definition) is 3. The van der Waals surface area contributed by atoms with E-state index in [1.165, 1.54) is 6.42 Å². The van der Waals surface area contributed by atoms with Crippen molar-refractivity contribution in [1.29, 1.82) is 0 Å². The van der Waals surface area contributed by atoms with Gasteiger partial charge in [0, 0.05) is 23.2 Å². The average molecular weight is 428 g/mol. The van der Waals surface area contributed by atoms with Gasteiger partial charge in [0.2, 0.25) is 0 Å². The van der Waals surface area contributed by atoms with Crippen LogP contribution < -0.4 is 10.9 Å². The average Bonchev–Trinajstić information content (AvgIpc) is 2.72. The number of nitrogens with one attached hydrogen (secondary N) is 2. The van der Waals surface area contributed by atoms with E-state index in [1.54, 1.807) is 28.8 Å². The lowest BCUT2D eigenvalue weighted by Crippen LogP contribution is -2.28. The first-order valence-electron chi connectivity index (χ1n) is 9.84. The standard InChI is InChI=1S/C22H22ClN3O2S/c23-16-6-4-5-14(11-16)13-24-20(27)15-9-10-18-19(12-15)25-22(29)26(21(18)28)17-7-2-1-3-8-17/h4-6,9-12,17H,1-3,7-8,13H2,(H,24,27)(H,25,29). The Bertz CT molecular complexity index is 1180. The molecule has 7 heteroatoms. The van der Waals surface area contributed by atoms with Gasteiger partial charge in [0.05, 0.1) is 10.9 Å². The van der Waals surface area contributed by atoms with E-state index in [4.69, 9.17) is 23.8 Å². The summed E-state index contributed by atoms with van der Waals surface area (Å²) in [6.07, 6.45) is 5.41. The molecular weight excluding hydrogens is 406 g/mol. The third-order valence-electron chi connectivity index (χ3n) is 5.47. The molecule has 1 heterocycles. The van der Waals surface area contributed by atoms with Crippen LogP contribution in [0.1, 0.15) is 54.1 Å². The highest BCUT2D eigenvalue weighted by molar-refractivity contribution is 7.71. The molecule has 1 aliphatic rings. The highest BCUT2D eigenvalue weighted by Crippen LogP contribution is 2.27. The van der Waals surface area contributed by atoms with Crippen LogP contribution in [0.15, 0.2) is 47.3 Å². The summed E-state index contributed by atoms with van der Waals surface area (Å²) in [5, 5.41) is 4.06. The smallest absolute Gasteiger partial charge is 0.262 e. The summed E-state index contributed by atoms with van der Waals surface area (Å²) in [6.45, 7) is 0.372. The fourth-order valence-corrected chi connectivity index (χ4v) is 4.53. The van der Waals surface area contributed by atoms with Crippen molar-refractivity contribution < 1.29 is 4.79 Å². The lowest BCUT2D eigenvalue weighted by Gasteiger charge is -2.24. The monoisotopic (exact) mass is 427 g/mol. The fraction of sp³-hybridized carbons (Fsp3) is 0.318. The summed E-state index contributed by atoms with van der Waals surface area (Å²) >= 11 is 11.5. The molecule has 0 atom stereocenters. The summed E-state index contributed by atoms with van der Waals surface area (Å²) in [5.41, 5.74) is 1.89. The molecule has 0 aliphatic heterocycles. The largest absolute Gasteiger partial charge is 0.348 e. The van der Waals surface area contributed by atoms with Gasteiger partial charge in [-0.05, 0) is 61.0 Å². The second kappa shape index (κ2) is 8.51. The van der Waals surface area contributed by atoms with Gasteiger partial charge in [-0.1, -0.05) is 43.0 Å². The van der Waals surface area contributed by atoms with Crippen LogP contribution in [0.2, 0.25) is 5.02 Å². The van der Waals surface area contributed by atoms with Crippen LogP contribution in [-0.2, 0) is 6.54 Å². The number of halogens is 1. The summed E-state index contributed by atoms with van der Waals surface area (Å²) in [6, 6.07) is 12.6. The number of rotatable bonds is 4. The Kier molecular flexibility index (Phi) is 5.83. The minimum Gasteiger partial charge on any atom is -0.348 e. The second-order valence-electron chi connectivity index (χ2n) is 7.47. The minimum atomic E-state index is -0.220. The van der Waals surface area contributed by atoms with Gasteiger partial charge in [0.1, 0.15) is 0 Å². The van der Waals surface area contributed by atoms with E-state index in [9.17, 15) is 9.59 Å². The van der Waals surface area contributed by atoms with Crippen molar-refractivity contribution in [3.63, 3.8) is 0 Å². The third-order valence-corrected chi connectivity index (χ3v) is 6.01. The SMILES string of the molecule is O=C(NCc1cccc(Cl)c1)c1ccc2c(=O)n(C3CCCCC3)c(=S)[nH]c2c1. The van der Waals surface area contributed by atoms with Crippen molar-refractivity contribution >= 4 is 40.6 Å². The summed E-state index contributed by atoms with van der Waals surface area (Å²) in [7, 11) is 0. The number of fused-ring (bicyclic) bond motifs is 1. The molecule has 1 saturated carbocycles. The van der Waals surface area contributed by atoms with Crippen LogP contribution in [0.5, 0.6) is 0 Å². The topological polar surface area (TPSA) is 66.9 Å². The van der Waals surface area contributed by atoms with Gasteiger partial charge in [-0.25, -0.2) is 0 Å². The van der Waals surface area contributed by atoms with E-state index < -0.39 is 0 Å². The maximum Gasteiger partial charge on any atom is 0.262 e. The van der Waals surface area contributed by atoms with Gasteiger partial charge in [-0.15, -0.1) is 0 Å². The van der Waals surface area contributed by atoms with Gasteiger partial charge < -0.3 is 10.3 Å². The van der Waals surface area contributed by atoms with Crippen LogP contribution in [0.3, 0.4) is 0 Å². The van der Waals surface area contributed by atoms with E-state index in [1.807, 2.05) is 18.2 Å². The lowest BCUT2D eigenvalue weighted by molar-refractivity contribution is 0.0951. The van der Waals surface area contributed by atoms with E-state index >= 15 is 0 Å². The Morgan fingerprint density at radius 1 is 1.17 bits per heavy atom. The molecule has 5 nitrogen and oxygen atoms in total.